The van der Waals surface area contributed by atoms with Crippen molar-refractivity contribution in [1.82, 2.24) is 15.5 Å². The lowest BCUT2D eigenvalue weighted by atomic mass is 9.71. The number of amides is 1. The summed E-state index contributed by atoms with van der Waals surface area (Å²) in [6, 6.07) is 10.1. The van der Waals surface area contributed by atoms with E-state index in [4.69, 9.17) is 0 Å². The van der Waals surface area contributed by atoms with Crippen LogP contribution in [-0.4, -0.2) is 16.1 Å². The fourth-order valence-corrected chi connectivity index (χ4v) is 3.09. The molecule has 0 radical (unpaired) electrons. The highest BCUT2D eigenvalue weighted by molar-refractivity contribution is 9.10. The van der Waals surface area contributed by atoms with Gasteiger partial charge in [-0.15, -0.1) is 0 Å². The predicted molar refractivity (Wildman–Crippen MR) is 84.8 cm³/mol. The average molecular weight is 348 g/mol. The van der Waals surface area contributed by atoms with Crippen molar-refractivity contribution in [2.24, 2.45) is 0 Å². The summed E-state index contributed by atoms with van der Waals surface area (Å²) in [5.41, 5.74) is 2.76. The lowest BCUT2D eigenvalue weighted by Gasteiger charge is -2.43. The van der Waals surface area contributed by atoms with Gasteiger partial charge in [-0.1, -0.05) is 28.1 Å². The number of hydrogen-bond donors (Lipinski definition) is 2. The molecule has 1 aromatic carbocycles. The van der Waals surface area contributed by atoms with Gasteiger partial charge in [0.1, 0.15) is 0 Å². The van der Waals surface area contributed by atoms with Gasteiger partial charge < -0.3 is 5.32 Å². The minimum Gasteiger partial charge on any atom is -0.346 e. The molecule has 0 bridgehead atoms. The number of aromatic nitrogens is 2. The summed E-state index contributed by atoms with van der Waals surface area (Å²) in [6.45, 7) is 1.93. The van der Waals surface area contributed by atoms with Gasteiger partial charge in [0, 0.05) is 10.2 Å². The van der Waals surface area contributed by atoms with Crippen LogP contribution in [-0.2, 0) is 16.8 Å². The van der Waals surface area contributed by atoms with Crippen molar-refractivity contribution in [1.29, 1.82) is 0 Å². The van der Waals surface area contributed by atoms with Crippen molar-refractivity contribution in [2.75, 3.05) is 0 Å². The Morgan fingerprint density at radius 2 is 2.10 bits per heavy atom. The highest BCUT2D eigenvalue weighted by atomic mass is 79.9. The molecular weight excluding hydrogens is 330 g/mol. The number of H-pyrrole nitrogens is 1. The van der Waals surface area contributed by atoms with Gasteiger partial charge in [-0.25, -0.2) is 0 Å². The van der Waals surface area contributed by atoms with Crippen molar-refractivity contribution in [3.8, 4) is 0 Å². The van der Waals surface area contributed by atoms with Gasteiger partial charge in [-0.05, 0) is 49.9 Å². The van der Waals surface area contributed by atoms with Crippen LogP contribution in [0.2, 0.25) is 0 Å². The fraction of sp³-hybridized carbons (Fsp3) is 0.375. The molecule has 4 nitrogen and oxygen atoms in total. The van der Waals surface area contributed by atoms with Crippen LogP contribution in [0, 0.1) is 6.92 Å². The quantitative estimate of drug-likeness (QED) is 0.891. The number of aryl methyl sites for hydroxylation is 1. The van der Waals surface area contributed by atoms with Crippen LogP contribution in [0.1, 0.15) is 36.2 Å². The van der Waals surface area contributed by atoms with E-state index in [-0.39, 0.29) is 11.4 Å². The Bertz CT molecular complexity index is 644. The van der Waals surface area contributed by atoms with Gasteiger partial charge in [-0.2, -0.15) is 5.10 Å². The molecule has 2 aromatic rings. The first-order valence-corrected chi connectivity index (χ1v) is 7.95. The van der Waals surface area contributed by atoms with E-state index in [2.05, 4.69) is 43.6 Å². The Kier molecular flexibility index (Phi) is 3.85. The maximum Gasteiger partial charge on any atom is 0.226 e. The Morgan fingerprint density at radius 1 is 1.38 bits per heavy atom. The predicted octanol–water partition coefficient (Wildman–Crippen LogP) is 3.22. The highest BCUT2D eigenvalue weighted by Crippen LogP contribution is 2.41. The zero-order chi connectivity index (χ0) is 14.9. The van der Waals surface area contributed by atoms with Gasteiger partial charge in [0.25, 0.3) is 0 Å². The van der Waals surface area contributed by atoms with E-state index in [1.807, 2.05) is 25.1 Å². The first-order chi connectivity index (χ1) is 10.1. The molecule has 1 aliphatic rings. The first kappa shape index (κ1) is 14.3. The Balaban J connectivity index is 1.71. The number of carbonyl (C=O) groups excluding carboxylic acids is 1. The van der Waals surface area contributed by atoms with Crippen LogP contribution < -0.4 is 5.32 Å². The van der Waals surface area contributed by atoms with Crippen molar-refractivity contribution in [3.05, 3.63) is 51.8 Å². The van der Waals surface area contributed by atoms with Crippen LogP contribution in [0.25, 0.3) is 0 Å². The van der Waals surface area contributed by atoms with Crippen LogP contribution in [0.3, 0.4) is 0 Å². The van der Waals surface area contributed by atoms with Crippen LogP contribution in [0.15, 0.2) is 34.8 Å². The molecule has 1 amide bonds. The zero-order valence-corrected chi connectivity index (χ0v) is 13.5. The molecule has 1 saturated carbocycles. The maximum absolute atomic E-state index is 12.3. The number of halogens is 1. The normalized spacial score (nSPS) is 16.3. The maximum atomic E-state index is 12.3. The lowest BCUT2D eigenvalue weighted by molar-refractivity contribution is -0.123. The van der Waals surface area contributed by atoms with Gasteiger partial charge in [0.2, 0.25) is 5.91 Å². The molecule has 1 heterocycles. The van der Waals surface area contributed by atoms with E-state index in [1.54, 1.807) is 0 Å². The zero-order valence-electron chi connectivity index (χ0n) is 11.9. The van der Waals surface area contributed by atoms with Crippen molar-refractivity contribution in [3.63, 3.8) is 0 Å². The number of rotatable bonds is 4. The third-order valence-electron chi connectivity index (χ3n) is 4.08. The van der Waals surface area contributed by atoms with Crippen molar-refractivity contribution in [2.45, 2.75) is 38.1 Å². The molecule has 110 valence electrons. The van der Waals surface area contributed by atoms with Crippen molar-refractivity contribution < 1.29 is 4.79 Å². The van der Waals surface area contributed by atoms with E-state index < -0.39 is 0 Å². The molecule has 1 aliphatic carbocycles. The third kappa shape index (κ3) is 3.02. The second kappa shape index (κ2) is 5.64. The molecule has 2 N–H and O–H groups in total. The minimum absolute atomic E-state index is 0.0316. The Labute approximate surface area is 132 Å². The molecule has 3 rings (SSSR count). The van der Waals surface area contributed by atoms with Crippen LogP contribution >= 0.6 is 15.9 Å². The number of nitrogens with zero attached hydrogens (tertiary/aromatic N) is 1. The molecular formula is C16H18BrN3O. The summed E-state index contributed by atoms with van der Waals surface area (Å²) < 4.78 is 1.05. The van der Waals surface area contributed by atoms with E-state index >= 15 is 0 Å². The van der Waals surface area contributed by atoms with E-state index in [0.717, 1.165) is 35.1 Å². The molecule has 5 heteroatoms. The number of carbonyl (C=O) groups is 1. The van der Waals surface area contributed by atoms with Crippen LogP contribution in [0.5, 0.6) is 0 Å². The third-order valence-corrected chi connectivity index (χ3v) is 4.61. The summed E-state index contributed by atoms with van der Waals surface area (Å²) >= 11 is 3.45. The second-order valence-electron chi connectivity index (χ2n) is 5.71. The van der Waals surface area contributed by atoms with E-state index in [0.29, 0.717) is 6.42 Å². The monoisotopic (exact) mass is 347 g/mol. The molecule has 1 fully saturated rings. The molecule has 21 heavy (non-hydrogen) atoms. The number of hydrogen-bond acceptors (Lipinski definition) is 2. The molecule has 0 aliphatic heterocycles. The first-order valence-electron chi connectivity index (χ1n) is 7.15. The second-order valence-corrected chi connectivity index (χ2v) is 6.63. The van der Waals surface area contributed by atoms with Gasteiger partial charge in [0.05, 0.1) is 17.7 Å². The smallest absolute Gasteiger partial charge is 0.226 e. The Hall–Kier alpha value is -1.62. The molecule has 0 spiro atoms. The topological polar surface area (TPSA) is 57.8 Å². The SMILES string of the molecule is Cc1cc(CC(=O)NC2(c3ccc(Br)cc3)CCC2)n[nH]1. The summed E-state index contributed by atoms with van der Waals surface area (Å²) in [5.74, 6) is 0.0316. The fourth-order valence-electron chi connectivity index (χ4n) is 2.83. The molecule has 0 saturated heterocycles. The summed E-state index contributed by atoms with van der Waals surface area (Å²) in [5, 5.41) is 10.2. The molecule has 0 unspecified atom stereocenters. The molecule has 1 aromatic heterocycles. The Morgan fingerprint density at radius 3 is 2.62 bits per heavy atom. The van der Waals surface area contributed by atoms with Gasteiger partial charge in [0.15, 0.2) is 0 Å². The number of nitrogens with one attached hydrogen (secondary N) is 2. The largest absolute Gasteiger partial charge is 0.346 e. The molecule has 0 atom stereocenters. The van der Waals surface area contributed by atoms with Crippen molar-refractivity contribution >= 4 is 21.8 Å². The number of aromatic amines is 1. The summed E-state index contributed by atoms with van der Waals surface area (Å²) in [7, 11) is 0. The van der Waals surface area contributed by atoms with E-state index in [9.17, 15) is 4.79 Å². The van der Waals surface area contributed by atoms with Gasteiger partial charge >= 0.3 is 0 Å². The summed E-state index contributed by atoms with van der Waals surface area (Å²) in [6.07, 6.45) is 3.47. The van der Waals surface area contributed by atoms with Crippen LogP contribution in [0.4, 0.5) is 0 Å². The highest BCUT2D eigenvalue weighted by Gasteiger charge is 2.39. The van der Waals surface area contributed by atoms with E-state index in [1.165, 1.54) is 5.56 Å². The minimum atomic E-state index is -0.191. The number of benzene rings is 1. The van der Waals surface area contributed by atoms with Gasteiger partial charge in [-0.3, -0.25) is 9.89 Å². The lowest BCUT2D eigenvalue weighted by Crippen LogP contribution is -2.51. The standard InChI is InChI=1S/C16H18BrN3O/c1-11-9-14(20-19-11)10-15(21)18-16(7-2-8-16)12-3-5-13(17)6-4-12/h3-6,9H,2,7-8,10H2,1H3,(H,18,21)(H,19,20). The summed E-state index contributed by atoms with van der Waals surface area (Å²) in [4.78, 5) is 12.3. The average Bonchev–Trinajstić information content (AvgIpc) is 2.80.